The first-order chi connectivity index (χ1) is 14.7. The lowest BCUT2D eigenvalue weighted by Crippen LogP contribution is -2.41. The second-order valence-corrected chi connectivity index (χ2v) is 8.40. The van der Waals surface area contributed by atoms with E-state index in [0.29, 0.717) is 35.7 Å². The van der Waals surface area contributed by atoms with Crippen LogP contribution in [0.4, 0.5) is 4.39 Å². The predicted octanol–water partition coefficient (Wildman–Crippen LogP) is 5.48. The van der Waals surface area contributed by atoms with Crippen molar-refractivity contribution in [1.82, 2.24) is 0 Å². The minimum Gasteiger partial charge on any atom is -0.493 e. The van der Waals surface area contributed by atoms with Gasteiger partial charge in [-0.05, 0) is 63.1 Å². The molecule has 0 aliphatic carbocycles. The van der Waals surface area contributed by atoms with Gasteiger partial charge in [0.1, 0.15) is 11.5 Å². The molecule has 1 fully saturated rings. The molecule has 2 aromatic carbocycles. The van der Waals surface area contributed by atoms with Crippen molar-refractivity contribution < 1.29 is 27.9 Å². The summed E-state index contributed by atoms with van der Waals surface area (Å²) in [5.41, 5.74) is -0.657. The van der Waals surface area contributed by atoms with Crippen molar-refractivity contribution in [2.24, 2.45) is 0 Å². The Hall–Kier alpha value is -2.51. The zero-order valence-corrected chi connectivity index (χ0v) is 19.0. The molecule has 0 atom stereocenters. The summed E-state index contributed by atoms with van der Waals surface area (Å²) in [4.78, 5) is 0. The number of benzene rings is 2. The second-order valence-electron chi connectivity index (χ2n) is 8.40. The van der Waals surface area contributed by atoms with E-state index in [0.717, 1.165) is 5.75 Å². The Morgan fingerprint density at radius 3 is 2.10 bits per heavy atom. The molecule has 0 radical (unpaired) electrons. The summed E-state index contributed by atoms with van der Waals surface area (Å²) < 4.78 is 44.2. The average molecular weight is 428 g/mol. The smallest absolute Gasteiger partial charge is 0.493 e. The summed E-state index contributed by atoms with van der Waals surface area (Å²) >= 11 is 0. The molecule has 0 aromatic heterocycles. The molecule has 7 heteroatoms. The highest BCUT2D eigenvalue weighted by Crippen LogP contribution is 2.41. The van der Waals surface area contributed by atoms with Crippen molar-refractivity contribution in [3.8, 4) is 17.2 Å². The Kier molecular flexibility index (Phi) is 6.97. The quantitative estimate of drug-likeness (QED) is 0.521. The molecule has 2 aromatic rings. The number of methoxy groups -OCH3 is 2. The van der Waals surface area contributed by atoms with Gasteiger partial charge in [-0.15, -0.1) is 0 Å². The van der Waals surface area contributed by atoms with E-state index >= 15 is 4.39 Å². The van der Waals surface area contributed by atoms with Crippen LogP contribution in [0.2, 0.25) is 0 Å². The van der Waals surface area contributed by atoms with Gasteiger partial charge in [0.25, 0.3) is 0 Å². The van der Waals surface area contributed by atoms with Gasteiger partial charge >= 0.3 is 7.12 Å². The van der Waals surface area contributed by atoms with E-state index in [2.05, 4.69) is 0 Å². The van der Waals surface area contributed by atoms with E-state index in [1.165, 1.54) is 0 Å². The summed E-state index contributed by atoms with van der Waals surface area (Å²) in [6, 6.07) is 14.7. The highest BCUT2D eigenvalue weighted by atomic mass is 19.1. The first-order valence-corrected chi connectivity index (χ1v) is 10.3. The third-order valence-corrected chi connectivity index (χ3v) is 5.84. The summed E-state index contributed by atoms with van der Waals surface area (Å²) in [6.45, 7) is 7.88. The maximum atomic E-state index is 15.8. The lowest BCUT2D eigenvalue weighted by atomic mass is 9.81. The van der Waals surface area contributed by atoms with Gasteiger partial charge in [-0.1, -0.05) is 24.3 Å². The van der Waals surface area contributed by atoms with E-state index < -0.39 is 24.0 Å². The summed E-state index contributed by atoms with van der Waals surface area (Å²) in [7, 11) is 2.02. The minimum absolute atomic E-state index is 0.292. The number of hydrogen-bond donors (Lipinski definition) is 0. The third kappa shape index (κ3) is 5.05. The van der Waals surface area contributed by atoms with E-state index in [9.17, 15) is 0 Å². The molecular formula is C24H30BFO5. The van der Waals surface area contributed by atoms with Crippen molar-refractivity contribution >= 4 is 12.7 Å². The van der Waals surface area contributed by atoms with Crippen LogP contribution in [0.3, 0.4) is 0 Å². The van der Waals surface area contributed by atoms with Gasteiger partial charge in [0.05, 0.1) is 32.0 Å². The largest absolute Gasteiger partial charge is 0.525 e. The van der Waals surface area contributed by atoms with Gasteiger partial charge in [-0.3, -0.25) is 0 Å². The summed E-state index contributed by atoms with van der Waals surface area (Å²) in [5, 5.41) is 0. The van der Waals surface area contributed by atoms with Crippen molar-refractivity contribution in [3.05, 3.63) is 59.8 Å². The molecule has 1 aliphatic heterocycles. The lowest BCUT2D eigenvalue weighted by molar-refractivity contribution is 0.00578. The van der Waals surface area contributed by atoms with Gasteiger partial charge in [-0.25, -0.2) is 4.39 Å². The summed E-state index contributed by atoms with van der Waals surface area (Å²) in [6.07, 6.45) is 0.320. The first-order valence-electron chi connectivity index (χ1n) is 10.3. The average Bonchev–Trinajstić information content (AvgIpc) is 2.98. The molecule has 0 unspecified atom stereocenters. The van der Waals surface area contributed by atoms with Crippen LogP contribution in [0, 0.1) is 0 Å². The van der Waals surface area contributed by atoms with Crippen molar-refractivity contribution in [2.45, 2.75) is 45.3 Å². The van der Waals surface area contributed by atoms with Gasteiger partial charge in [0.15, 0.2) is 11.5 Å². The SMILES string of the molecule is COc1ccc(C(CCOc2ccccc2)=C(F)B2OC(C)(C)C(C)(C)O2)cc1OC. The predicted molar refractivity (Wildman–Crippen MR) is 120 cm³/mol. The molecule has 0 spiro atoms. The number of hydrogen-bond acceptors (Lipinski definition) is 5. The maximum absolute atomic E-state index is 15.8. The van der Waals surface area contributed by atoms with Crippen LogP contribution in [0.1, 0.15) is 39.7 Å². The molecule has 0 bridgehead atoms. The molecule has 0 saturated carbocycles. The molecule has 166 valence electrons. The molecule has 3 rings (SSSR count). The number of halogens is 1. The Labute approximate surface area is 184 Å². The highest BCUT2D eigenvalue weighted by Gasteiger charge is 2.53. The van der Waals surface area contributed by atoms with Crippen LogP contribution in [0.25, 0.3) is 5.57 Å². The molecule has 1 heterocycles. The lowest BCUT2D eigenvalue weighted by Gasteiger charge is -2.32. The second kappa shape index (κ2) is 9.33. The third-order valence-electron chi connectivity index (χ3n) is 5.84. The highest BCUT2D eigenvalue weighted by molar-refractivity contribution is 6.55. The van der Waals surface area contributed by atoms with E-state index in [1.807, 2.05) is 58.0 Å². The standard InChI is InChI=1S/C24H30BFO5/c1-23(2)24(3,4)31-25(30-23)22(26)19(14-15-29-18-10-8-7-9-11-18)17-12-13-20(27-5)21(16-17)28-6/h7-13,16H,14-15H2,1-6H3. The molecule has 31 heavy (non-hydrogen) atoms. The van der Waals surface area contributed by atoms with Crippen LogP contribution in [-0.4, -0.2) is 39.1 Å². The van der Waals surface area contributed by atoms with Crippen LogP contribution in [0.15, 0.2) is 54.3 Å². The Balaban J connectivity index is 1.93. The normalized spacial score (nSPS) is 17.8. The number of para-hydroxylation sites is 1. The molecule has 0 amide bonds. The molecule has 5 nitrogen and oxygen atoms in total. The van der Waals surface area contributed by atoms with Crippen LogP contribution >= 0.6 is 0 Å². The summed E-state index contributed by atoms with van der Waals surface area (Å²) in [5.74, 6) is 1.82. The van der Waals surface area contributed by atoms with Crippen LogP contribution in [-0.2, 0) is 9.31 Å². The zero-order chi connectivity index (χ0) is 22.6. The fourth-order valence-corrected chi connectivity index (χ4v) is 3.30. The molecule has 1 aliphatic rings. The maximum Gasteiger partial charge on any atom is 0.525 e. The van der Waals surface area contributed by atoms with Crippen LogP contribution < -0.4 is 14.2 Å². The van der Waals surface area contributed by atoms with Crippen molar-refractivity contribution in [1.29, 1.82) is 0 Å². The van der Waals surface area contributed by atoms with Crippen molar-refractivity contribution in [2.75, 3.05) is 20.8 Å². The van der Waals surface area contributed by atoms with Crippen molar-refractivity contribution in [3.63, 3.8) is 0 Å². The Bertz CT molecular complexity index is 911. The van der Waals surface area contributed by atoms with Gasteiger partial charge in [0, 0.05) is 6.42 Å². The monoisotopic (exact) mass is 428 g/mol. The van der Waals surface area contributed by atoms with Crippen LogP contribution in [0.5, 0.6) is 17.2 Å². The number of ether oxygens (including phenoxy) is 3. The Morgan fingerprint density at radius 2 is 1.52 bits per heavy atom. The topological polar surface area (TPSA) is 46.2 Å². The minimum atomic E-state index is -1.09. The van der Waals surface area contributed by atoms with Gasteiger partial charge in [-0.2, -0.15) is 0 Å². The Morgan fingerprint density at radius 1 is 0.903 bits per heavy atom. The van der Waals surface area contributed by atoms with E-state index in [1.54, 1.807) is 32.4 Å². The molecule has 1 saturated heterocycles. The number of rotatable bonds is 8. The van der Waals surface area contributed by atoms with E-state index in [4.69, 9.17) is 23.5 Å². The molecule has 0 N–H and O–H groups in total. The fraction of sp³-hybridized carbons (Fsp3) is 0.417. The molecular weight excluding hydrogens is 398 g/mol. The van der Waals surface area contributed by atoms with Gasteiger partial charge < -0.3 is 23.5 Å². The van der Waals surface area contributed by atoms with Gasteiger partial charge in [0.2, 0.25) is 0 Å². The first kappa shape index (κ1) is 23.2. The van der Waals surface area contributed by atoms with E-state index in [-0.39, 0.29) is 0 Å². The zero-order valence-electron chi connectivity index (χ0n) is 19.0. The fourth-order valence-electron chi connectivity index (χ4n) is 3.30.